The van der Waals surface area contributed by atoms with E-state index in [-0.39, 0.29) is 13.2 Å². The van der Waals surface area contributed by atoms with Gasteiger partial charge in [0.2, 0.25) is 0 Å². The molecule has 0 aromatic rings. The molecule has 7 heteroatoms. The van der Waals surface area contributed by atoms with Crippen molar-refractivity contribution in [3.63, 3.8) is 0 Å². The lowest BCUT2D eigenvalue weighted by atomic mass is 10.4. The third-order valence-corrected chi connectivity index (χ3v) is 1.01. The van der Waals surface area contributed by atoms with E-state index in [1.54, 1.807) is 0 Å². The van der Waals surface area contributed by atoms with Gasteiger partial charge in [-0.1, -0.05) is 6.58 Å². The van der Waals surface area contributed by atoms with Crippen molar-refractivity contribution in [1.82, 2.24) is 0 Å². The first-order chi connectivity index (χ1) is 7.99. The summed E-state index contributed by atoms with van der Waals surface area (Å²) in [6, 6.07) is 0. The van der Waals surface area contributed by atoms with Gasteiger partial charge in [-0.3, -0.25) is 0 Å². The summed E-state index contributed by atoms with van der Waals surface area (Å²) in [6.45, 7) is 7.94. The van der Waals surface area contributed by atoms with E-state index in [0.29, 0.717) is 0 Å². The van der Waals surface area contributed by atoms with Crippen LogP contribution in [0.2, 0.25) is 0 Å². The number of carboxylic acid groups (broad SMARTS) is 1. The van der Waals surface area contributed by atoms with Crippen LogP contribution in [0, 0.1) is 0 Å². The minimum atomic E-state index is -1.33. The Hall–Kier alpha value is -1.15. The minimum Gasteiger partial charge on any atom is -0.449 e. The van der Waals surface area contributed by atoms with Crippen molar-refractivity contribution in [3.05, 3.63) is 12.8 Å². The van der Waals surface area contributed by atoms with E-state index in [4.69, 9.17) is 25.2 Å². The molecule has 0 radical (unpaired) electrons. The van der Waals surface area contributed by atoms with E-state index in [1.165, 1.54) is 0 Å². The van der Waals surface area contributed by atoms with Crippen LogP contribution < -0.4 is 0 Å². The fraction of sp³-hybridized carbons (Fsp3) is 0.700. The van der Waals surface area contributed by atoms with Crippen LogP contribution >= 0.6 is 0 Å². The molecule has 0 aliphatic rings. The van der Waals surface area contributed by atoms with Crippen LogP contribution in [0.5, 0.6) is 0 Å². The van der Waals surface area contributed by atoms with Crippen molar-refractivity contribution in [2.75, 3.05) is 26.4 Å². The Morgan fingerprint density at radius 1 is 1.29 bits per heavy atom. The van der Waals surface area contributed by atoms with Crippen LogP contribution in [0.3, 0.4) is 0 Å². The monoisotopic (exact) mass is 254 g/mol. The maximum Gasteiger partial charge on any atom is 0.510 e. The second-order valence-electron chi connectivity index (χ2n) is 2.35. The first-order valence-corrected chi connectivity index (χ1v) is 4.97. The molecule has 0 atom stereocenters. The molecule has 0 spiro atoms. The van der Waals surface area contributed by atoms with Gasteiger partial charge in [-0.05, 0) is 13.8 Å². The van der Waals surface area contributed by atoms with Crippen LogP contribution in [0.25, 0.3) is 0 Å². The quantitative estimate of drug-likeness (QED) is 0.409. The normalized spacial score (nSPS) is 8.35. The van der Waals surface area contributed by atoms with E-state index in [2.05, 4.69) is 11.3 Å². The highest BCUT2D eigenvalue weighted by molar-refractivity contribution is 5.57. The summed E-state index contributed by atoms with van der Waals surface area (Å²) in [6.07, 6.45) is -1.43. The Kier molecular flexibility index (Phi) is 25.3. The summed E-state index contributed by atoms with van der Waals surface area (Å²) in [5, 5.41) is 31.6. The molecule has 0 aliphatic carbocycles. The Labute approximate surface area is 101 Å². The number of ether oxygens (including phenoxy) is 2. The standard InChI is InChI=1S/C4H10O.C3H8O3.C3H4O3/c1-3-5-4-2;4-1-3(6)2-5;1-2-6-3(4)5/h3-4H2,1-2H3;3-6H,1-2H2;2H,1H2,(H,4,5). The van der Waals surface area contributed by atoms with E-state index in [9.17, 15) is 4.79 Å². The van der Waals surface area contributed by atoms with Gasteiger partial charge in [0, 0.05) is 13.2 Å². The minimum absolute atomic E-state index is 0.365. The molecule has 17 heavy (non-hydrogen) atoms. The van der Waals surface area contributed by atoms with Gasteiger partial charge in [-0.2, -0.15) is 0 Å². The van der Waals surface area contributed by atoms with E-state index < -0.39 is 12.3 Å². The van der Waals surface area contributed by atoms with Crippen LogP contribution in [0.1, 0.15) is 13.8 Å². The fourth-order valence-corrected chi connectivity index (χ4v) is 0.333. The molecule has 0 aromatic heterocycles. The molecule has 0 heterocycles. The zero-order chi connectivity index (χ0) is 14.1. The predicted octanol–water partition coefficient (Wildman–Crippen LogP) is 0.199. The Morgan fingerprint density at radius 2 is 1.71 bits per heavy atom. The molecule has 104 valence electrons. The summed E-state index contributed by atoms with van der Waals surface area (Å²) in [7, 11) is 0. The third-order valence-electron chi connectivity index (χ3n) is 1.01. The average Bonchev–Trinajstić information content (AvgIpc) is 2.30. The molecular weight excluding hydrogens is 232 g/mol. The molecule has 0 rings (SSSR count). The third kappa shape index (κ3) is 39.8. The smallest absolute Gasteiger partial charge is 0.449 e. The Morgan fingerprint density at radius 3 is 1.71 bits per heavy atom. The van der Waals surface area contributed by atoms with Gasteiger partial charge in [0.05, 0.1) is 19.5 Å². The molecule has 0 fully saturated rings. The van der Waals surface area contributed by atoms with E-state index in [0.717, 1.165) is 19.5 Å². The topological polar surface area (TPSA) is 116 Å². The van der Waals surface area contributed by atoms with Crippen LogP contribution in [0.4, 0.5) is 4.79 Å². The highest BCUT2D eigenvalue weighted by Gasteiger charge is 1.93. The maximum absolute atomic E-state index is 9.31. The Bertz CT molecular complexity index is 155. The van der Waals surface area contributed by atoms with Gasteiger partial charge in [-0.25, -0.2) is 4.79 Å². The lowest BCUT2D eigenvalue weighted by Crippen LogP contribution is -2.15. The molecular formula is C10H22O7. The van der Waals surface area contributed by atoms with Crippen molar-refractivity contribution < 1.29 is 34.7 Å². The van der Waals surface area contributed by atoms with Gasteiger partial charge >= 0.3 is 6.16 Å². The summed E-state index contributed by atoms with van der Waals surface area (Å²) in [4.78, 5) is 9.31. The lowest BCUT2D eigenvalue weighted by molar-refractivity contribution is 0.0450. The summed E-state index contributed by atoms with van der Waals surface area (Å²) in [5.41, 5.74) is 0. The average molecular weight is 254 g/mol. The number of rotatable bonds is 5. The maximum atomic E-state index is 9.31. The second-order valence-corrected chi connectivity index (χ2v) is 2.35. The highest BCUT2D eigenvalue weighted by Crippen LogP contribution is 1.71. The molecule has 0 saturated carbocycles. The van der Waals surface area contributed by atoms with Crippen LogP contribution in [-0.4, -0.2) is 59.1 Å². The van der Waals surface area contributed by atoms with Crippen molar-refractivity contribution in [1.29, 1.82) is 0 Å². The van der Waals surface area contributed by atoms with Gasteiger partial charge in [0.1, 0.15) is 6.10 Å². The van der Waals surface area contributed by atoms with Gasteiger partial charge in [-0.15, -0.1) is 0 Å². The zero-order valence-electron chi connectivity index (χ0n) is 10.2. The highest BCUT2D eigenvalue weighted by atomic mass is 16.7. The first kappa shape index (κ1) is 21.2. The van der Waals surface area contributed by atoms with Crippen molar-refractivity contribution in [3.8, 4) is 0 Å². The molecule has 4 N–H and O–H groups in total. The molecule has 0 aromatic carbocycles. The van der Waals surface area contributed by atoms with Crippen molar-refractivity contribution >= 4 is 6.16 Å². The largest absolute Gasteiger partial charge is 0.510 e. The zero-order valence-corrected chi connectivity index (χ0v) is 10.2. The fourth-order valence-electron chi connectivity index (χ4n) is 0.333. The predicted molar refractivity (Wildman–Crippen MR) is 61.7 cm³/mol. The van der Waals surface area contributed by atoms with Gasteiger partial charge < -0.3 is 29.9 Å². The molecule has 7 nitrogen and oxygen atoms in total. The molecule has 0 saturated heterocycles. The first-order valence-electron chi connectivity index (χ1n) is 4.97. The summed E-state index contributed by atoms with van der Waals surface area (Å²) >= 11 is 0. The van der Waals surface area contributed by atoms with Crippen molar-refractivity contribution in [2.45, 2.75) is 20.0 Å². The molecule has 0 aliphatic heterocycles. The van der Waals surface area contributed by atoms with Crippen LogP contribution in [0.15, 0.2) is 12.8 Å². The number of aliphatic hydroxyl groups excluding tert-OH is 3. The molecule has 0 bridgehead atoms. The molecule has 0 amide bonds. The SMILES string of the molecule is C=COC(=O)O.CCOCC.OCC(O)CO. The van der Waals surface area contributed by atoms with Gasteiger partial charge in [0.15, 0.2) is 0 Å². The lowest BCUT2D eigenvalue weighted by Gasteiger charge is -1.96. The number of hydrogen-bond acceptors (Lipinski definition) is 6. The molecule has 0 unspecified atom stereocenters. The summed E-state index contributed by atoms with van der Waals surface area (Å²) in [5.74, 6) is 0. The summed E-state index contributed by atoms with van der Waals surface area (Å²) < 4.78 is 8.56. The number of aliphatic hydroxyl groups is 3. The van der Waals surface area contributed by atoms with Crippen molar-refractivity contribution in [2.24, 2.45) is 0 Å². The van der Waals surface area contributed by atoms with Crippen LogP contribution in [-0.2, 0) is 9.47 Å². The Balaban J connectivity index is -0.000000174. The number of hydrogen-bond donors (Lipinski definition) is 4. The van der Waals surface area contributed by atoms with E-state index >= 15 is 0 Å². The number of carbonyl (C=O) groups is 1. The van der Waals surface area contributed by atoms with E-state index in [1.807, 2.05) is 13.8 Å². The second kappa shape index (κ2) is 20.3. The van der Waals surface area contributed by atoms with Gasteiger partial charge in [0.25, 0.3) is 0 Å².